The van der Waals surface area contributed by atoms with Gasteiger partial charge in [0.1, 0.15) is 11.9 Å². The van der Waals surface area contributed by atoms with Crippen LogP contribution in [0.1, 0.15) is 44.7 Å². The van der Waals surface area contributed by atoms with Gasteiger partial charge in [-0.15, -0.1) is 0 Å². The third-order valence-electron chi connectivity index (χ3n) is 4.02. The van der Waals surface area contributed by atoms with Crippen LogP contribution in [0.15, 0.2) is 22.7 Å². The highest BCUT2D eigenvalue weighted by atomic mass is 79.9. The Morgan fingerprint density at radius 2 is 2.11 bits per heavy atom. The number of ether oxygens (including phenoxy) is 1. The standard InChI is InChI=1S/C15H22BrNO/c1-4-10(5-2)15-9-13(17-3)12-8-11(16)6-7-14(12)18-15/h6-8,10,13,15,17H,4-5,9H2,1-3H3. The Hall–Kier alpha value is -0.540. The van der Waals surface area contributed by atoms with Crippen molar-refractivity contribution in [2.45, 2.75) is 45.3 Å². The van der Waals surface area contributed by atoms with Crippen LogP contribution < -0.4 is 10.1 Å². The Morgan fingerprint density at radius 3 is 2.72 bits per heavy atom. The van der Waals surface area contributed by atoms with Crippen molar-refractivity contribution >= 4 is 15.9 Å². The zero-order valence-corrected chi connectivity index (χ0v) is 13.0. The zero-order valence-electron chi connectivity index (χ0n) is 11.4. The van der Waals surface area contributed by atoms with Crippen LogP contribution in [-0.2, 0) is 0 Å². The quantitative estimate of drug-likeness (QED) is 0.895. The smallest absolute Gasteiger partial charge is 0.124 e. The van der Waals surface area contributed by atoms with Crippen molar-refractivity contribution in [3.05, 3.63) is 28.2 Å². The molecule has 0 spiro atoms. The normalized spacial score (nSPS) is 22.7. The Bertz CT molecular complexity index is 403. The lowest BCUT2D eigenvalue weighted by Gasteiger charge is -2.36. The van der Waals surface area contributed by atoms with Crippen molar-refractivity contribution in [3.63, 3.8) is 0 Å². The van der Waals surface area contributed by atoms with E-state index in [0.29, 0.717) is 18.1 Å². The fraction of sp³-hybridized carbons (Fsp3) is 0.600. The molecule has 0 fully saturated rings. The van der Waals surface area contributed by atoms with Gasteiger partial charge in [0, 0.05) is 22.5 Å². The molecule has 2 atom stereocenters. The molecule has 0 aromatic heterocycles. The number of hydrogen-bond acceptors (Lipinski definition) is 2. The summed E-state index contributed by atoms with van der Waals surface area (Å²) in [5.41, 5.74) is 1.27. The molecule has 1 aliphatic heterocycles. The molecule has 1 aliphatic rings. The molecule has 1 aromatic carbocycles. The van der Waals surface area contributed by atoms with Gasteiger partial charge in [-0.1, -0.05) is 29.8 Å². The van der Waals surface area contributed by atoms with E-state index in [4.69, 9.17) is 4.74 Å². The van der Waals surface area contributed by atoms with Gasteiger partial charge in [-0.05, 0) is 44.0 Å². The van der Waals surface area contributed by atoms with Crippen molar-refractivity contribution in [2.75, 3.05) is 7.05 Å². The van der Waals surface area contributed by atoms with Crippen LogP contribution in [0.25, 0.3) is 0 Å². The molecule has 0 amide bonds. The average Bonchev–Trinajstić information content (AvgIpc) is 2.39. The molecule has 100 valence electrons. The van der Waals surface area contributed by atoms with E-state index in [1.165, 1.54) is 18.4 Å². The first-order valence-corrected chi connectivity index (χ1v) is 7.62. The Labute approximate surface area is 118 Å². The number of halogens is 1. The van der Waals surface area contributed by atoms with Gasteiger partial charge in [-0.25, -0.2) is 0 Å². The highest BCUT2D eigenvalue weighted by Crippen LogP contribution is 2.39. The van der Waals surface area contributed by atoms with Crippen LogP contribution in [0.5, 0.6) is 5.75 Å². The summed E-state index contributed by atoms with van der Waals surface area (Å²) in [6.07, 6.45) is 3.77. The lowest BCUT2D eigenvalue weighted by molar-refractivity contribution is 0.0893. The second-order valence-corrected chi connectivity index (χ2v) is 5.91. The molecule has 3 heteroatoms. The largest absolute Gasteiger partial charge is 0.490 e. The van der Waals surface area contributed by atoms with Gasteiger partial charge in [0.05, 0.1) is 0 Å². The Balaban J connectivity index is 2.27. The van der Waals surface area contributed by atoms with Crippen molar-refractivity contribution in [1.29, 1.82) is 0 Å². The van der Waals surface area contributed by atoms with Crippen molar-refractivity contribution in [3.8, 4) is 5.75 Å². The summed E-state index contributed by atoms with van der Waals surface area (Å²) in [5.74, 6) is 1.69. The summed E-state index contributed by atoms with van der Waals surface area (Å²) in [4.78, 5) is 0. The molecule has 0 saturated heterocycles. The second kappa shape index (κ2) is 6.07. The molecule has 0 aliphatic carbocycles. The second-order valence-electron chi connectivity index (χ2n) is 4.99. The summed E-state index contributed by atoms with van der Waals surface area (Å²) >= 11 is 3.54. The third kappa shape index (κ3) is 2.72. The average molecular weight is 312 g/mol. The van der Waals surface area contributed by atoms with E-state index in [0.717, 1.165) is 16.6 Å². The molecule has 1 N–H and O–H groups in total. The van der Waals surface area contributed by atoms with Crippen LogP contribution >= 0.6 is 15.9 Å². The Kier molecular flexibility index (Phi) is 4.68. The number of benzene rings is 1. The van der Waals surface area contributed by atoms with Gasteiger partial charge in [-0.3, -0.25) is 0 Å². The molecule has 2 rings (SSSR count). The maximum Gasteiger partial charge on any atom is 0.124 e. The minimum absolute atomic E-state index is 0.339. The first-order chi connectivity index (χ1) is 8.69. The van der Waals surface area contributed by atoms with E-state index < -0.39 is 0 Å². The fourth-order valence-electron chi connectivity index (χ4n) is 2.85. The van der Waals surface area contributed by atoms with Crippen LogP contribution in [0.4, 0.5) is 0 Å². The highest BCUT2D eigenvalue weighted by Gasteiger charge is 2.31. The van der Waals surface area contributed by atoms with Gasteiger partial charge in [0.2, 0.25) is 0 Å². The minimum atomic E-state index is 0.339. The Morgan fingerprint density at radius 1 is 1.39 bits per heavy atom. The summed E-state index contributed by atoms with van der Waals surface area (Å²) in [5, 5.41) is 3.42. The van der Waals surface area contributed by atoms with Crippen LogP contribution in [0, 0.1) is 5.92 Å². The maximum absolute atomic E-state index is 6.20. The van der Waals surface area contributed by atoms with E-state index in [2.05, 4.69) is 53.3 Å². The molecule has 1 heterocycles. The minimum Gasteiger partial charge on any atom is -0.490 e. The number of fused-ring (bicyclic) bond motifs is 1. The number of nitrogens with one attached hydrogen (secondary N) is 1. The van der Waals surface area contributed by atoms with Gasteiger partial charge in [-0.2, -0.15) is 0 Å². The SMILES string of the molecule is CCC(CC)C1CC(NC)c2cc(Br)ccc2O1. The first kappa shape index (κ1) is 13.9. The predicted molar refractivity (Wildman–Crippen MR) is 79.0 cm³/mol. The summed E-state index contributed by atoms with van der Waals surface area (Å²) in [6.45, 7) is 4.51. The van der Waals surface area contributed by atoms with Crippen LogP contribution in [-0.4, -0.2) is 13.2 Å². The molecule has 2 nitrogen and oxygen atoms in total. The summed E-state index contributed by atoms with van der Waals surface area (Å²) in [6, 6.07) is 6.70. The topological polar surface area (TPSA) is 21.3 Å². The molecule has 0 saturated carbocycles. The summed E-state index contributed by atoms with van der Waals surface area (Å²) in [7, 11) is 2.03. The van der Waals surface area contributed by atoms with Crippen molar-refractivity contribution < 1.29 is 4.74 Å². The van der Waals surface area contributed by atoms with Gasteiger partial charge < -0.3 is 10.1 Å². The molecule has 2 unspecified atom stereocenters. The van der Waals surface area contributed by atoms with Crippen molar-refractivity contribution in [1.82, 2.24) is 5.32 Å². The molecular weight excluding hydrogens is 290 g/mol. The van der Waals surface area contributed by atoms with Gasteiger partial charge >= 0.3 is 0 Å². The highest BCUT2D eigenvalue weighted by molar-refractivity contribution is 9.10. The molecular formula is C15H22BrNO. The van der Waals surface area contributed by atoms with Crippen molar-refractivity contribution in [2.24, 2.45) is 5.92 Å². The monoisotopic (exact) mass is 311 g/mol. The number of hydrogen-bond donors (Lipinski definition) is 1. The van der Waals surface area contributed by atoms with E-state index in [1.54, 1.807) is 0 Å². The lowest BCUT2D eigenvalue weighted by atomic mass is 9.87. The van der Waals surface area contributed by atoms with E-state index in [1.807, 2.05) is 7.05 Å². The third-order valence-corrected chi connectivity index (χ3v) is 4.51. The maximum atomic E-state index is 6.20. The zero-order chi connectivity index (χ0) is 13.1. The lowest BCUT2D eigenvalue weighted by Crippen LogP contribution is -2.36. The molecule has 0 bridgehead atoms. The molecule has 1 aromatic rings. The van der Waals surface area contributed by atoms with Crippen LogP contribution in [0.2, 0.25) is 0 Å². The fourth-order valence-corrected chi connectivity index (χ4v) is 3.22. The van der Waals surface area contributed by atoms with E-state index >= 15 is 0 Å². The molecule has 18 heavy (non-hydrogen) atoms. The summed E-state index contributed by atoms with van der Waals surface area (Å²) < 4.78 is 7.32. The van der Waals surface area contributed by atoms with Gasteiger partial charge in [0.15, 0.2) is 0 Å². The molecule has 0 radical (unpaired) electrons. The van der Waals surface area contributed by atoms with E-state index in [-0.39, 0.29) is 0 Å². The predicted octanol–water partition coefficient (Wildman–Crippen LogP) is 4.30. The van der Waals surface area contributed by atoms with Gasteiger partial charge in [0.25, 0.3) is 0 Å². The first-order valence-electron chi connectivity index (χ1n) is 6.82. The van der Waals surface area contributed by atoms with E-state index in [9.17, 15) is 0 Å². The van der Waals surface area contributed by atoms with Crippen LogP contribution in [0.3, 0.4) is 0 Å². The number of rotatable bonds is 4.